The highest BCUT2D eigenvalue weighted by Crippen LogP contribution is 2.09. The van der Waals surface area contributed by atoms with Crippen molar-refractivity contribution < 1.29 is 4.79 Å². The molecule has 16 heavy (non-hydrogen) atoms. The molecule has 0 aromatic heterocycles. The van der Waals surface area contributed by atoms with Crippen LogP contribution in [0.2, 0.25) is 0 Å². The van der Waals surface area contributed by atoms with Gasteiger partial charge in [0, 0.05) is 24.3 Å². The Hall–Kier alpha value is -1.97. The Morgan fingerprint density at radius 2 is 2.06 bits per heavy atom. The van der Waals surface area contributed by atoms with Gasteiger partial charge in [0.2, 0.25) is 5.91 Å². The second kappa shape index (κ2) is 6.50. The molecule has 0 spiro atoms. The van der Waals surface area contributed by atoms with Gasteiger partial charge < -0.3 is 16.4 Å². The maximum absolute atomic E-state index is 10.1. The molecule has 1 aromatic rings. The van der Waals surface area contributed by atoms with Gasteiger partial charge >= 0.3 is 0 Å². The van der Waals surface area contributed by atoms with Gasteiger partial charge in [-0.05, 0) is 36.9 Å². The molecular formula is C12H17N3O. The van der Waals surface area contributed by atoms with E-state index in [1.807, 2.05) is 24.3 Å². The fourth-order valence-corrected chi connectivity index (χ4v) is 1.26. The average Bonchev–Trinajstić information content (AvgIpc) is 2.74. The minimum absolute atomic E-state index is 0.204. The van der Waals surface area contributed by atoms with Gasteiger partial charge in [-0.25, -0.2) is 0 Å². The molecule has 1 aromatic carbocycles. The molecule has 86 valence electrons. The lowest BCUT2D eigenvalue weighted by Gasteiger charge is -1.98. The van der Waals surface area contributed by atoms with Crippen molar-refractivity contribution in [2.24, 2.45) is 0 Å². The molecule has 4 N–H and O–H groups in total. The van der Waals surface area contributed by atoms with E-state index in [1.165, 1.54) is 0 Å². The third-order valence-corrected chi connectivity index (χ3v) is 2.08. The minimum Gasteiger partial charge on any atom is -0.399 e. The molecule has 0 unspecified atom stereocenters. The third kappa shape index (κ3) is 4.50. The van der Waals surface area contributed by atoms with Gasteiger partial charge in [0.05, 0.1) is 0 Å². The topological polar surface area (TPSA) is 67.1 Å². The number of nitrogens with two attached hydrogens (primary N) is 1. The molecule has 4 nitrogen and oxygen atoms in total. The molecule has 0 aliphatic carbocycles. The number of carbonyl (C=O) groups excluding carboxylic acids is 1. The van der Waals surface area contributed by atoms with E-state index < -0.39 is 0 Å². The lowest BCUT2D eigenvalue weighted by molar-refractivity contribution is -0.119. The van der Waals surface area contributed by atoms with Gasteiger partial charge in [0.25, 0.3) is 0 Å². The van der Waals surface area contributed by atoms with Crippen LogP contribution in [0.3, 0.4) is 0 Å². The fraction of sp³-hybridized carbons (Fsp3) is 0.250. The maximum atomic E-state index is 10.1. The molecule has 1 fully saturated rings. The number of nitrogens with one attached hydrogen (secondary N) is 2. The first kappa shape index (κ1) is 12.1. The van der Waals surface area contributed by atoms with E-state index in [2.05, 4.69) is 17.2 Å². The van der Waals surface area contributed by atoms with Crippen molar-refractivity contribution in [3.05, 3.63) is 37.0 Å². The summed E-state index contributed by atoms with van der Waals surface area (Å²) in [6, 6.07) is 7.48. The van der Waals surface area contributed by atoms with Crippen LogP contribution in [0.15, 0.2) is 37.0 Å². The van der Waals surface area contributed by atoms with Crippen molar-refractivity contribution in [1.29, 1.82) is 0 Å². The Morgan fingerprint density at radius 3 is 2.44 bits per heavy atom. The van der Waals surface area contributed by atoms with Crippen LogP contribution in [-0.2, 0) is 4.79 Å². The minimum atomic E-state index is 0.204. The Kier molecular flexibility index (Phi) is 4.92. The standard InChI is InChI=1S/C8H10N2.C4H7NO/c1-2-10-8-5-3-7(9)4-6-8;6-4-2-1-3-5-4/h2-6,10H,1,9H2;1-3H2,(H,5,6). The second-order valence-electron chi connectivity index (χ2n) is 3.42. The second-order valence-corrected chi connectivity index (χ2v) is 3.42. The largest absolute Gasteiger partial charge is 0.399 e. The van der Waals surface area contributed by atoms with Gasteiger partial charge in [-0.15, -0.1) is 0 Å². The zero-order valence-corrected chi connectivity index (χ0v) is 9.20. The summed E-state index contributed by atoms with van der Waals surface area (Å²) in [7, 11) is 0. The zero-order valence-electron chi connectivity index (χ0n) is 9.20. The molecule has 1 aliphatic rings. The van der Waals surface area contributed by atoms with E-state index in [-0.39, 0.29) is 5.91 Å². The van der Waals surface area contributed by atoms with Crippen molar-refractivity contribution in [3.8, 4) is 0 Å². The average molecular weight is 219 g/mol. The van der Waals surface area contributed by atoms with E-state index in [4.69, 9.17) is 5.73 Å². The van der Waals surface area contributed by atoms with Crippen LogP contribution < -0.4 is 16.4 Å². The van der Waals surface area contributed by atoms with Crippen molar-refractivity contribution in [1.82, 2.24) is 5.32 Å². The van der Waals surface area contributed by atoms with Gasteiger partial charge in [0.15, 0.2) is 0 Å². The number of nitrogen functional groups attached to an aromatic ring is 1. The van der Waals surface area contributed by atoms with E-state index in [0.29, 0.717) is 0 Å². The van der Waals surface area contributed by atoms with E-state index in [0.717, 1.165) is 30.8 Å². The maximum Gasteiger partial charge on any atom is 0.220 e. The summed E-state index contributed by atoms with van der Waals surface area (Å²) < 4.78 is 0. The Balaban J connectivity index is 0.000000181. The molecular weight excluding hydrogens is 202 g/mol. The normalized spacial score (nSPS) is 13.4. The fourth-order valence-electron chi connectivity index (χ4n) is 1.26. The first-order valence-electron chi connectivity index (χ1n) is 5.22. The van der Waals surface area contributed by atoms with Crippen LogP contribution in [0.4, 0.5) is 11.4 Å². The van der Waals surface area contributed by atoms with Crippen LogP contribution in [0.25, 0.3) is 0 Å². The highest BCUT2D eigenvalue weighted by atomic mass is 16.1. The Morgan fingerprint density at radius 1 is 1.38 bits per heavy atom. The summed E-state index contributed by atoms with van der Waals surface area (Å²) in [6.07, 6.45) is 3.39. The third-order valence-electron chi connectivity index (χ3n) is 2.08. The number of hydrogen-bond donors (Lipinski definition) is 3. The quantitative estimate of drug-likeness (QED) is 0.663. The molecule has 4 heteroatoms. The van der Waals surface area contributed by atoms with E-state index in [1.54, 1.807) is 6.20 Å². The highest BCUT2D eigenvalue weighted by molar-refractivity contribution is 5.77. The number of amides is 1. The van der Waals surface area contributed by atoms with Crippen LogP contribution in [0.5, 0.6) is 0 Å². The van der Waals surface area contributed by atoms with E-state index in [9.17, 15) is 4.79 Å². The molecule has 0 atom stereocenters. The van der Waals surface area contributed by atoms with Gasteiger partial charge in [-0.2, -0.15) is 0 Å². The van der Waals surface area contributed by atoms with E-state index >= 15 is 0 Å². The molecule has 1 aliphatic heterocycles. The molecule has 2 rings (SSSR count). The molecule has 0 bridgehead atoms. The lowest BCUT2D eigenvalue weighted by atomic mass is 10.3. The monoisotopic (exact) mass is 219 g/mol. The number of hydrogen-bond acceptors (Lipinski definition) is 3. The van der Waals surface area contributed by atoms with Gasteiger partial charge in [-0.1, -0.05) is 6.58 Å². The number of carbonyl (C=O) groups is 1. The molecule has 0 radical (unpaired) electrons. The first-order chi connectivity index (χ1) is 7.72. The summed E-state index contributed by atoms with van der Waals surface area (Å²) in [5.74, 6) is 0.204. The SMILES string of the molecule is C=CNc1ccc(N)cc1.O=C1CCCN1. The predicted molar refractivity (Wildman–Crippen MR) is 66.9 cm³/mol. The van der Waals surface area contributed by atoms with Crippen molar-refractivity contribution in [2.45, 2.75) is 12.8 Å². The highest BCUT2D eigenvalue weighted by Gasteiger charge is 2.05. The Labute approximate surface area is 95.5 Å². The smallest absolute Gasteiger partial charge is 0.220 e. The predicted octanol–water partition coefficient (Wildman–Crippen LogP) is 1.72. The summed E-state index contributed by atoms with van der Waals surface area (Å²) in [5, 5.41) is 5.62. The Bertz CT molecular complexity index is 338. The molecule has 1 heterocycles. The van der Waals surface area contributed by atoms with Crippen LogP contribution in [-0.4, -0.2) is 12.5 Å². The van der Waals surface area contributed by atoms with Crippen molar-refractivity contribution in [2.75, 3.05) is 17.6 Å². The molecule has 0 saturated carbocycles. The van der Waals surface area contributed by atoms with Crippen molar-refractivity contribution in [3.63, 3.8) is 0 Å². The summed E-state index contributed by atoms with van der Waals surface area (Å²) in [5.41, 5.74) is 7.25. The zero-order chi connectivity index (χ0) is 11.8. The number of anilines is 2. The first-order valence-corrected chi connectivity index (χ1v) is 5.22. The lowest BCUT2D eigenvalue weighted by Crippen LogP contribution is -2.12. The van der Waals surface area contributed by atoms with Crippen LogP contribution >= 0.6 is 0 Å². The molecule has 1 saturated heterocycles. The van der Waals surface area contributed by atoms with Gasteiger partial charge in [0.1, 0.15) is 0 Å². The van der Waals surface area contributed by atoms with Crippen LogP contribution in [0.1, 0.15) is 12.8 Å². The number of benzene rings is 1. The summed E-state index contributed by atoms with van der Waals surface area (Å²) in [6.45, 7) is 4.42. The van der Waals surface area contributed by atoms with Crippen LogP contribution in [0, 0.1) is 0 Å². The van der Waals surface area contributed by atoms with Crippen molar-refractivity contribution >= 4 is 17.3 Å². The summed E-state index contributed by atoms with van der Waals surface area (Å²) in [4.78, 5) is 10.1. The van der Waals surface area contributed by atoms with Gasteiger partial charge in [-0.3, -0.25) is 4.79 Å². The summed E-state index contributed by atoms with van der Waals surface area (Å²) >= 11 is 0. The molecule has 1 amide bonds. The number of rotatable bonds is 2.